The molecular formula is C8H11N3O5. The molecule has 16 heavy (non-hydrogen) atoms. The molecule has 0 unspecified atom stereocenters. The molecule has 0 spiro atoms. The minimum atomic E-state index is -1.32. The first kappa shape index (κ1) is 12.0. The zero-order chi connectivity index (χ0) is 12.0. The number of aliphatic carboxylic acids is 1. The van der Waals surface area contributed by atoms with Crippen LogP contribution in [0.4, 0.5) is 4.79 Å². The first-order valence-corrected chi connectivity index (χ1v) is 4.40. The van der Waals surface area contributed by atoms with E-state index in [9.17, 15) is 9.59 Å². The number of carboxylic acids is 1. The summed E-state index contributed by atoms with van der Waals surface area (Å²) in [6, 6.07) is -0.470. The van der Waals surface area contributed by atoms with E-state index in [1.165, 1.54) is 6.26 Å². The van der Waals surface area contributed by atoms with Gasteiger partial charge in [-0.2, -0.15) is 0 Å². The number of hydrogen-bond acceptors (Lipinski definition) is 5. The smallest absolute Gasteiger partial charge is 0.328 e. The van der Waals surface area contributed by atoms with Gasteiger partial charge in [-0.3, -0.25) is 0 Å². The topological polar surface area (TPSA) is 125 Å². The van der Waals surface area contributed by atoms with Gasteiger partial charge >= 0.3 is 12.0 Å². The van der Waals surface area contributed by atoms with E-state index >= 15 is 0 Å². The highest BCUT2D eigenvalue weighted by molar-refractivity contribution is 5.82. The number of nitrogens with one attached hydrogen (secondary N) is 2. The van der Waals surface area contributed by atoms with Crippen LogP contribution in [0, 0.1) is 0 Å². The Morgan fingerprint density at radius 2 is 2.31 bits per heavy atom. The van der Waals surface area contributed by atoms with Crippen molar-refractivity contribution in [2.45, 2.75) is 12.6 Å². The van der Waals surface area contributed by atoms with Gasteiger partial charge in [0.05, 0.1) is 13.2 Å². The predicted molar refractivity (Wildman–Crippen MR) is 50.4 cm³/mol. The normalized spacial score (nSPS) is 11.8. The Labute approximate surface area is 90.2 Å². The lowest BCUT2D eigenvalue weighted by Crippen LogP contribution is -2.47. The summed E-state index contributed by atoms with van der Waals surface area (Å²) in [7, 11) is 0. The number of aliphatic hydroxyl groups excluding tert-OH is 1. The van der Waals surface area contributed by atoms with Crippen LogP contribution in [0.2, 0.25) is 0 Å². The number of carbonyl (C=O) groups is 2. The van der Waals surface area contributed by atoms with Crippen LogP contribution >= 0.6 is 0 Å². The summed E-state index contributed by atoms with van der Waals surface area (Å²) >= 11 is 0. The molecule has 1 aromatic heterocycles. The molecule has 0 saturated carbocycles. The van der Waals surface area contributed by atoms with E-state index in [1.807, 2.05) is 0 Å². The van der Waals surface area contributed by atoms with Crippen LogP contribution in [0.1, 0.15) is 5.69 Å². The monoisotopic (exact) mass is 229 g/mol. The summed E-state index contributed by atoms with van der Waals surface area (Å²) < 4.78 is 4.53. The van der Waals surface area contributed by atoms with Gasteiger partial charge < -0.3 is 25.4 Å². The minimum Gasteiger partial charge on any atom is -0.480 e. The van der Waals surface area contributed by atoms with Crippen molar-refractivity contribution in [1.82, 2.24) is 15.8 Å². The maximum atomic E-state index is 11.2. The van der Waals surface area contributed by atoms with E-state index < -0.39 is 24.6 Å². The van der Waals surface area contributed by atoms with Crippen molar-refractivity contribution in [2.24, 2.45) is 0 Å². The van der Waals surface area contributed by atoms with Crippen molar-refractivity contribution < 1.29 is 24.3 Å². The van der Waals surface area contributed by atoms with Gasteiger partial charge in [-0.25, -0.2) is 9.59 Å². The fourth-order valence-electron chi connectivity index (χ4n) is 0.894. The molecule has 8 heteroatoms. The molecule has 8 nitrogen and oxygen atoms in total. The predicted octanol–water partition coefficient (Wildman–Crippen LogP) is -1.08. The molecule has 0 aliphatic carbocycles. The molecule has 0 saturated heterocycles. The van der Waals surface area contributed by atoms with Crippen LogP contribution in [-0.4, -0.2) is 40.0 Å². The van der Waals surface area contributed by atoms with Crippen molar-refractivity contribution in [3.05, 3.63) is 18.0 Å². The zero-order valence-electron chi connectivity index (χ0n) is 8.21. The van der Waals surface area contributed by atoms with Gasteiger partial charge in [-0.1, -0.05) is 5.16 Å². The molecule has 2 amide bonds. The summed E-state index contributed by atoms with van der Waals surface area (Å²) in [5.41, 5.74) is 0.506. The highest BCUT2D eigenvalue weighted by Gasteiger charge is 2.18. The third-order valence-electron chi connectivity index (χ3n) is 1.71. The second-order valence-corrected chi connectivity index (χ2v) is 2.89. The van der Waals surface area contributed by atoms with Gasteiger partial charge in [0.2, 0.25) is 0 Å². The van der Waals surface area contributed by atoms with E-state index in [1.54, 1.807) is 6.07 Å². The lowest BCUT2D eigenvalue weighted by atomic mass is 10.3. The maximum absolute atomic E-state index is 11.2. The largest absolute Gasteiger partial charge is 0.480 e. The van der Waals surface area contributed by atoms with Gasteiger partial charge in [0.1, 0.15) is 12.0 Å². The van der Waals surface area contributed by atoms with E-state index in [2.05, 4.69) is 20.3 Å². The van der Waals surface area contributed by atoms with Crippen molar-refractivity contribution in [2.75, 3.05) is 6.61 Å². The van der Waals surface area contributed by atoms with E-state index in [0.717, 1.165) is 0 Å². The summed E-state index contributed by atoms with van der Waals surface area (Å²) in [4.78, 5) is 21.6. The number of carboxylic acid groups (broad SMARTS) is 1. The maximum Gasteiger partial charge on any atom is 0.328 e. The van der Waals surface area contributed by atoms with Gasteiger partial charge in [0.15, 0.2) is 6.04 Å². The van der Waals surface area contributed by atoms with Gasteiger partial charge in [-0.05, 0) is 0 Å². The third kappa shape index (κ3) is 3.58. The van der Waals surface area contributed by atoms with Crippen LogP contribution in [0.5, 0.6) is 0 Å². The number of rotatable bonds is 5. The number of amides is 2. The molecule has 0 aliphatic rings. The molecule has 1 aromatic rings. The average Bonchev–Trinajstić information content (AvgIpc) is 2.75. The lowest BCUT2D eigenvalue weighted by molar-refractivity contribution is -0.140. The van der Waals surface area contributed by atoms with Gasteiger partial charge in [-0.15, -0.1) is 0 Å². The number of urea groups is 1. The second-order valence-electron chi connectivity index (χ2n) is 2.89. The zero-order valence-corrected chi connectivity index (χ0v) is 8.21. The standard InChI is InChI=1S/C8H11N3O5/c12-4-6(7(13)14)10-8(15)9-3-5-1-2-16-11-5/h1-2,6,12H,3-4H2,(H,13,14)(H2,9,10,15)/t6-/m1/s1. The average molecular weight is 229 g/mol. The Morgan fingerprint density at radius 1 is 1.56 bits per heavy atom. The molecule has 0 fully saturated rings. The van der Waals surface area contributed by atoms with E-state index in [0.29, 0.717) is 5.69 Å². The molecule has 4 N–H and O–H groups in total. The Balaban J connectivity index is 2.33. The van der Waals surface area contributed by atoms with Crippen LogP contribution < -0.4 is 10.6 Å². The van der Waals surface area contributed by atoms with Crippen molar-refractivity contribution >= 4 is 12.0 Å². The van der Waals surface area contributed by atoms with Crippen molar-refractivity contribution in [1.29, 1.82) is 0 Å². The Hall–Kier alpha value is -2.09. The molecular weight excluding hydrogens is 218 g/mol. The Bertz CT molecular complexity index is 351. The molecule has 0 radical (unpaired) electrons. The fourth-order valence-corrected chi connectivity index (χ4v) is 0.894. The number of hydrogen-bond donors (Lipinski definition) is 4. The molecule has 0 aromatic carbocycles. The summed E-state index contributed by atoms with van der Waals surface area (Å²) in [5, 5.41) is 25.2. The summed E-state index contributed by atoms with van der Waals surface area (Å²) in [5.74, 6) is -1.31. The Morgan fingerprint density at radius 3 is 2.81 bits per heavy atom. The van der Waals surface area contributed by atoms with Gasteiger partial charge in [0, 0.05) is 6.07 Å². The van der Waals surface area contributed by atoms with Crippen LogP contribution in [-0.2, 0) is 11.3 Å². The lowest BCUT2D eigenvalue weighted by Gasteiger charge is -2.11. The van der Waals surface area contributed by atoms with Crippen molar-refractivity contribution in [3.63, 3.8) is 0 Å². The highest BCUT2D eigenvalue weighted by atomic mass is 16.5. The highest BCUT2D eigenvalue weighted by Crippen LogP contribution is 1.92. The SMILES string of the molecule is O=C(NCc1ccon1)N[C@H](CO)C(=O)O. The van der Waals surface area contributed by atoms with Crippen LogP contribution in [0.3, 0.4) is 0 Å². The Kier molecular flexibility index (Phi) is 4.28. The molecule has 0 bridgehead atoms. The molecule has 1 rings (SSSR count). The van der Waals surface area contributed by atoms with Crippen LogP contribution in [0.25, 0.3) is 0 Å². The van der Waals surface area contributed by atoms with Crippen LogP contribution in [0.15, 0.2) is 16.9 Å². The van der Waals surface area contributed by atoms with Gasteiger partial charge in [0.25, 0.3) is 0 Å². The fraction of sp³-hybridized carbons (Fsp3) is 0.375. The number of carbonyl (C=O) groups excluding carboxylic acids is 1. The molecule has 1 atom stereocenters. The van der Waals surface area contributed by atoms with Crippen molar-refractivity contribution in [3.8, 4) is 0 Å². The summed E-state index contributed by atoms with van der Waals surface area (Å²) in [6.45, 7) is -0.563. The molecule has 0 aliphatic heterocycles. The quantitative estimate of drug-likeness (QED) is 0.509. The number of aliphatic hydroxyl groups is 1. The second kappa shape index (κ2) is 5.71. The first-order chi connectivity index (χ1) is 7.63. The molecule has 1 heterocycles. The minimum absolute atomic E-state index is 0.111. The molecule has 88 valence electrons. The first-order valence-electron chi connectivity index (χ1n) is 4.40. The number of aromatic nitrogens is 1. The van der Waals surface area contributed by atoms with E-state index in [4.69, 9.17) is 10.2 Å². The number of nitrogens with zero attached hydrogens (tertiary/aromatic N) is 1. The third-order valence-corrected chi connectivity index (χ3v) is 1.71. The summed E-state index contributed by atoms with van der Waals surface area (Å²) in [6.07, 6.45) is 1.35. The van der Waals surface area contributed by atoms with E-state index in [-0.39, 0.29) is 6.54 Å².